The minimum Gasteiger partial charge on any atom is -0.465 e. The predicted octanol–water partition coefficient (Wildman–Crippen LogP) is 4.34. The highest BCUT2D eigenvalue weighted by Crippen LogP contribution is 2.50. The number of carbonyl (C=O) groups is 1. The van der Waals surface area contributed by atoms with Gasteiger partial charge in [-0.05, 0) is 36.5 Å². The van der Waals surface area contributed by atoms with Gasteiger partial charge in [0.25, 0.3) is 0 Å². The number of imidazole rings is 1. The van der Waals surface area contributed by atoms with E-state index in [1.165, 1.54) is 0 Å². The maximum atomic E-state index is 11.8. The fourth-order valence-corrected chi connectivity index (χ4v) is 4.00. The zero-order chi connectivity index (χ0) is 16.1. The SMILES string of the molecule is CC(C)(C)C1(c2nc3ccc(Br)cc3[nH]2)CCCN1C(=O)O. The first-order valence-corrected chi connectivity index (χ1v) is 8.21. The van der Waals surface area contributed by atoms with Crippen LogP contribution in [0.3, 0.4) is 0 Å². The summed E-state index contributed by atoms with van der Waals surface area (Å²) in [6, 6.07) is 5.86. The Bertz CT molecular complexity index is 735. The summed E-state index contributed by atoms with van der Waals surface area (Å²) >= 11 is 3.46. The number of H-pyrrole nitrogens is 1. The van der Waals surface area contributed by atoms with Gasteiger partial charge in [0.05, 0.1) is 11.0 Å². The summed E-state index contributed by atoms with van der Waals surface area (Å²) in [5, 5.41) is 9.67. The summed E-state index contributed by atoms with van der Waals surface area (Å²) < 4.78 is 0.974. The first-order chi connectivity index (χ1) is 10.3. The largest absolute Gasteiger partial charge is 0.465 e. The topological polar surface area (TPSA) is 69.2 Å². The van der Waals surface area contributed by atoms with Crippen LogP contribution in [-0.2, 0) is 5.54 Å². The molecule has 0 bridgehead atoms. The van der Waals surface area contributed by atoms with Crippen LogP contribution >= 0.6 is 15.9 Å². The van der Waals surface area contributed by atoms with Crippen molar-refractivity contribution in [2.24, 2.45) is 5.41 Å². The zero-order valence-electron chi connectivity index (χ0n) is 13.0. The number of hydrogen-bond acceptors (Lipinski definition) is 2. The predicted molar refractivity (Wildman–Crippen MR) is 88.9 cm³/mol. The molecule has 0 radical (unpaired) electrons. The second-order valence-electron chi connectivity index (χ2n) is 6.89. The molecular weight excluding hydrogens is 346 g/mol. The number of rotatable bonds is 1. The molecule has 1 aromatic heterocycles. The number of amides is 1. The molecule has 22 heavy (non-hydrogen) atoms. The summed E-state index contributed by atoms with van der Waals surface area (Å²) in [6.07, 6.45) is 0.753. The number of aromatic nitrogens is 2. The third-order valence-corrected chi connectivity index (χ3v) is 5.18. The lowest BCUT2D eigenvalue weighted by atomic mass is 9.71. The van der Waals surface area contributed by atoms with E-state index in [0.717, 1.165) is 34.2 Å². The number of nitrogens with one attached hydrogen (secondary N) is 1. The van der Waals surface area contributed by atoms with E-state index in [1.54, 1.807) is 4.90 Å². The molecule has 0 saturated carbocycles. The van der Waals surface area contributed by atoms with E-state index in [4.69, 9.17) is 4.98 Å². The van der Waals surface area contributed by atoms with Gasteiger partial charge in [-0.2, -0.15) is 0 Å². The summed E-state index contributed by atoms with van der Waals surface area (Å²) in [7, 11) is 0. The molecule has 0 spiro atoms. The Hall–Kier alpha value is -1.56. The number of hydrogen-bond donors (Lipinski definition) is 2. The van der Waals surface area contributed by atoms with Crippen LogP contribution in [0.15, 0.2) is 22.7 Å². The van der Waals surface area contributed by atoms with Crippen molar-refractivity contribution < 1.29 is 9.90 Å². The van der Waals surface area contributed by atoms with Gasteiger partial charge in [0.2, 0.25) is 0 Å². The van der Waals surface area contributed by atoms with E-state index in [2.05, 4.69) is 41.7 Å². The van der Waals surface area contributed by atoms with Crippen LogP contribution in [0, 0.1) is 5.41 Å². The molecule has 1 atom stereocenters. The minimum atomic E-state index is -0.880. The number of carboxylic acid groups (broad SMARTS) is 1. The molecule has 6 heteroatoms. The molecule has 0 aliphatic carbocycles. The summed E-state index contributed by atoms with van der Waals surface area (Å²) in [6.45, 7) is 6.79. The third-order valence-electron chi connectivity index (χ3n) is 4.69. The Morgan fingerprint density at radius 2 is 2.18 bits per heavy atom. The number of fused-ring (bicyclic) bond motifs is 1. The summed E-state index contributed by atoms with van der Waals surface area (Å²) in [4.78, 5) is 21.4. The fraction of sp³-hybridized carbons (Fsp3) is 0.500. The van der Waals surface area contributed by atoms with Crippen molar-refractivity contribution in [3.05, 3.63) is 28.5 Å². The van der Waals surface area contributed by atoms with Crippen molar-refractivity contribution in [1.29, 1.82) is 0 Å². The summed E-state index contributed by atoms with van der Waals surface area (Å²) in [5.41, 5.74) is 0.904. The highest BCUT2D eigenvalue weighted by Gasteiger charge is 2.55. The standard InChI is InChI=1S/C16H20BrN3O2/c1-15(2,3)16(7-4-8-20(16)14(21)22)13-18-11-6-5-10(17)9-12(11)19-13/h5-6,9H,4,7-8H2,1-3H3,(H,18,19)(H,21,22). The molecule has 2 aromatic rings. The molecule has 3 rings (SSSR count). The average Bonchev–Trinajstić information content (AvgIpc) is 3.00. The molecular formula is C16H20BrN3O2. The lowest BCUT2D eigenvalue weighted by molar-refractivity contribution is 0.0219. The quantitative estimate of drug-likeness (QED) is 0.789. The van der Waals surface area contributed by atoms with Crippen molar-refractivity contribution in [2.45, 2.75) is 39.2 Å². The molecule has 118 valence electrons. The fourth-order valence-electron chi connectivity index (χ4n) is 3.64. The molecule has 1 unspecified atom stereocenters. The van der Waals surface area contributed by atoms with Gasteiger partial charge in [0.1, 0.15) is 11.4 Å². The van der Waals surface area contributed by atoms with Gasteiger partial charge in [0, 0.05) is 11.0 Å². The molecule has 2 N–H and O–H groups in total. The number of likely N-dealkylation sites (tertiary alicyclic amines) is 1. The van der Waals surface area contributed by atoms with Gasteiger partial charge in [-0.25, -0.2) is 9.78 Å². The normalized spacial score (nSPS) is 22.5. The Morgan fingerprint density at radius 3 is 2.82 bits per heavy atom. The van der Waals surface area contributed by atoms with E-state index in [-0.39, 0.29) is 5.41 Å². The van der Waals surface area contributed by atoms with Crippen molar-refractivity contribution >= 4 is 33.1 Å². The third kappa shape index (κ3) is 2.12. The van der Waals surface area contributed by atoms with Crippen LogP contribution in [0.2, 0.25) is 0 Å². The van der Waals surface area contributed by atoms with Crippen LogP contribution in [0.4, 0.5) is 4.79 Å². The van der Waals surface area contributed by atoms with Crippen LogP contribution in [-0.4, -0.2) is 32.6 Å². The molecule has 5 nitrogen and oxygen atoms in total. The molecule has 1 aromatic carbocycles. The van der Waals surface area contributed by atoms with Crippen LogP contribution < -0.4 is 0 Å². The van der Waals surface area contributed by atoms with Gasteiger partial charge in [-0.15, -0.1) is 0 Å². The van der Waals surface area contributed by atoms with E-state index in [9.17, 15) is 9.90 Å². The second-order valence-corrected chi connectivity index (χ2v) is 7.81. The van der Waals surface area contributed by atoms with Crippen molar-refractivity contribution in [2.75, 3.05) is 6.54 Å². The molecule has 1 aliphatic rings. The lowest BCUT2D eigenvalue weighted by Gasteiger charge is -2.45. The van der Waals surface area contributed by atoms with Crippen molar-refractivity contribution in [3.63, 3.8) is 0 Å². The van der Waals surface area contributed by atoms with Gasteiger partial charge < -0.3 is 10.1 Å². The first kappa shape index (κ1) is 15.3. The zero-order valence-corrected chi connectivity index (χ0v) is 14.6. The number of aromatic amines is 1. The highest BCUT2D eigenvalue weighted by atomic mass is 79.9. The van der Waals surface area contributed by atoms with Crippen LogP contribution in [0.25, 0.3) is 11.0 Å². The highest BCUT2D eigenvalue weighted by molar-refractivity contribution is 9.10. The van der Waals surface area contributed by atoms with Gasteiger partial charge in [-0.3, -0.25) is 4.90 Å². The minimum absolute atomic E-state index is 0.257. The molecule has 1 aliphatic heterocycles. The number of halogens is 1. The lowest BCUT2D eigenvalue weighted by Crippen LogP contribution is -2.53. The van der Waals surface area contributed by atoms with Crippen molar-refractivity contribution in [1.82, 2.24) is 14.9 Å². The Kier molecular flexibility index (Phi) is 3.47. The Morgan fingerprint density at radius 1 is 1.45 bits per heavy atom. The Labute approximate surface area is 137 Å². The number of benzene rings is 1. The van der Waals surface area contributed by atoms with Gasteiger partial charge in [-0.1, -0.05) is 36.7 Å². The second kappa shape index (κ2) is 4.98. The monoisotopic (exact) mass is 365 g/mol. The van der Waals surface area contributed by atoms with E-state index in [1.807, 2.05) is 18.2 Å². The summed E-state index contributed by atoms with van der Waals surface area (Å²) in [5.74, 6) is 0.744. The number of nitrogens with zero attached hydrogens (tertiary/aromatic N) is 2. The van der Waals surface area contributed by atoms with Crippen LogP contribution in [0.1, 0.15) is 39.4 Å². The first-order valence-electron chi connectivity index (χ1n) is 7.42. The Balaban J connectivity index is 2.23. The maximum Gasteiger partial charge on any atom is 0.408 e. The van der Waals surface area contributed by atoms with Crippen molar-refractivity contribution in [3.8, 4) is 0 Å². The molecule has 2 heterocycles. The smallest absolute Gasteiger partial charge is 0.408 e. The van der Waals surface area contributed by atoms with Gasteiger partial charge >= 0.3 is 6.09 Å². The van der Waals surface area contributed by atoms with E-state index < -0.39 is 11.6 Å². The molecule has 1 saturated heterocycles. The average molecular weight is 366 g/mol. The van der Waals surface area contributed by atoms with E-state index in [0.29, 0.717) is 6.54 Å². The van der Waals surface area contributed by atoms with E-state index >= 15 is 0 Å². The van der Waals surface area contributed by atoms with Crippen LogP contribution in [0.5, 0.6) is 0 Å². The maximum absolute atomic E-state index is 11.8. The van der Waals surface area contributed by atoms with Gasteiger partial charge in [0.15, 0.2) is 0 Å². The molecule has 1 fully saturated rings. The molecule has 1 amide bonds.